The molecule has 0 bridgehead atoms. The van der Waals surface area contributed by atoms with Crippen molar-refractivity contribution in [2.24, 2.45) is 0 Å². The van der Waals surface area contributed by atoms with Crippen molar-refractivity contribution in [3.63, 3.8) is 0 Å². The first-order valence-corrected chi connectivity index (χ1v) is 6.14. The molecular weight excluding hydrogens is 210 g/mol. The van der Waals surface area contributed by atoms with Crippen LogP contribution in [-0.4, -0.2) is 11.9 Å². The van der Waals surface area contributed by atoms with Gasteiger partial charge in [-0.2, -0.15) is 0 Å². The molecule has 0 unspecified atom stereocenters. The third-order valence-electron chi connectivity index (χ3n) is 2.76. The molecule has 1 amide bonds. The number of amides is 1. The van der Waals surface area contributed by atoms with Gasteiger partial charge in [-0.25, -0.2) is 0 Å². The molecule has 2 nitrogen and oxygen atoms in total. The summed E-state index contributed by atoms with van der Waals surface area (Å²) >= 11 is 0. The minimum absolute atomic E-state index is 0.0120. The Kier molecular flexibility index (Phi) is 3.97. The monoisotopic (exact) mass is 233 g/mol. The van der Waals surface area contributed by atoms with E-state index in [1.54, 1.807) is 0 Å². The second-order valence-electron chi connectivity index (χ2n) is 5.91. The molecule has 0 saturated carbocycles. The quantitative estimate of drug-likeness (QED) is 0.833. The first-order chi connectivity index (χ1) is 7.71. The van der Waals surface area contributed by atoms with Crippen LogP contribution in [0.2, 0.25) is 0 Å². The number of benzene rings is 1. The molecule has 0 aliphatic rings. The minimum Gasteiger partial charge on any atom is -0.350 e. The van der Waals surface area contributed by atoms with E-state index < -0.39 is 0 Å². The summed E-state index contributed by atoms with van der Waals surface area (Å²) in [6.07, 6.45) is 0. The molecule has 0 radical (unpaired) electrons. The molecule has 17 heavy (non-hydrogen) atoms. The van der Waals surface area contributed by atoms with E-state index in [0.29, 0.717) is 0 Å². The first kappa shape index (κ1) is 13.8. The largest absolute Gasteiger partial charge is 0.350 e. The van der Waals surface area contributed by atoms with Gasteiger partial charge in [0.25, 0.3) is 5.91 Å². The highest BCUT2D eigenvalue weighted by Crippen LogP contribution is 2.24. The molecule has 0 atom stereocenters. The van der Waals surface area contributed by atoms with Gasteiger partial charge in [0.05, 0.1) is 0 Å². The molecule has 0 saturated heterocycles. The Morgan fingerprint density at radius 1 is 1.24 bits per heavy atom. The smallest absolute Gasteiger partial charge is 0.251 e. The maximum absolute atomic E-state index is 11.9. The zero-order chi connectivity index (χ0) is 13.2. The Hall–Kier alpha value is -1.31. The van der Waals surface area contributed by atoms with Crippen molar-refractivity contribution in [3.8, 4) is 0 Å². The van der Waals surface area contributed by atoms with Gasteiger partial charge in [0.15, 0.2) is 0 Å². The summed E-state index contributed by atoms with van der Waals surface area (Å²) in [7, 11) is 0. The van der Waals surface area contributed by atoms with Crippen LogP contribution in [0.3, 0.4) is 0 Å². The summed E-state index contributed by atoms with van der Waals surface area (Å²) in [5, 5.41) is 2.92. The fourth-order valence-corrected chi connectivity index (χ4v) is 1.72. The van der Waals surface area contributed by atoms with Gasteiger partial charge in [0, 0.05) is 11.6 Å². The van der Waals surface area contributed by atoms with Crippen molar-refractivity contribution in [1.29, 1.82) is 0 Å². The number of aryl methyl sites for hydroxylation is 1. The SMILES string of the molecule is Cc1cc(C(C)(C)C)ccc1C(=O)NC(C)C. The second kappa shape index (κ2) is 4.91. The third kappa shape index (κ3) is 3.58. The topological polar surface area (TPSA) is 29.1 Å². The lowest BCUT2D eigenvalue weighted by atomic mass is 9.85. The summed E-state index contributed by atoms with van der Waals surface area (Å²) in [5.41, 5.74) is 3.19. The van der Waals surface area contributed by atoms with Gasteiger partial charge < -0.3 is 5.32 Å². The highest BCUT2D eigenvalue weighted by Gasteiger charge is 2.16. The Labute approximate surface area is 104 Å². The van der Waals surface area contributed by atoms with Crippen LogP contribution in [0.4, 0.5) is 0 Å². The maximum Gasteiger partial charge on any atom is 0.251 e. The number of rotatable bonds is 2. The van der Waals surface area contributed by atoms with E-state index in [2.05, 4.69) is 32.2 Å². The molecule has 0 heterocycles. The Bertz CT molecular complexity index is 413. The lowest BCUT2D eigenvalue weighted by molar-refractivity contribution is 0.0942. The molecule has 0 aromatic heterocycles. The molecule has 2 heteroatoms. The van der Waals surface area contributed by atoms with E-state index in [1.165, 1.54) is 5.56 Å². The van der Waals surface area contributed by atoms with E-state index in [4.69, 9.17) is 0 Å². The fourth-order valence-electron chi connectivity index (χ4n) is 1.72. The first-order valence-electron chi connectivity index (χ1n) is 6.14. The van der Waals surface area contributed by atoms with E-state index in [-0.39, 0.29) is 17.4 Å². The van der Waals surface area contributed by atoms with Crippen LogP contribution in [-0.2, 0) is 5.41 Å². The minimum atomic E-state index is 0.0120. The summed E-state index contributed by atoms with van der Waals surface area (Å²) < 4.78 is 0. The van der Waals surface area contributed by atoms with Crippen molar-refractivity contribution in [3.05, 3.63) is 34.9 Å². The van der Waals surface area contributed by atoms with Gasteiger partial charge in [-0.1, -0.05) is 32.9 Å². The lowest BCUT2D eigenvalue weighted by Crippen LogP contribution is -2.30. The van der Waals surface area contributed by atoms with Crippen LogP contribution >= 0.6 is 0 Å². The predicted molar refractivity (Wildman–Crippen MR) is 72.5 cm³/mol. The summed E-state index contributed by atoms with van der Waals surface area (Å²) in [5.74, 6) is 0.0120. The van der Waals surface area contributed by atoms with Crippen LogP contribution in [0, 0.1) is 6.92 Å². The van der Waals surface area contributed by atoms with Gasteiger partial charge in [-0.3, -0.25) is 4.79 Å². The van der Waals surface area contributed by atoms with E-state index >= 15 is 0 Å². The van der Waals surface area contributed by atoms with Crippen LogP contribution in [0.15, 0.2) is 18.2 Å². The summed E-state index contributed by atoms with van der Waals surface area (Å²) in [6.45, 7) is 12.5. The number of carbonyl (C=O) groups excluding carboxylic acids is 1. The molecule has 1 N–H and O–H groups in total. The molecular formula is C15H23NO. The number of nitrogens with one attached hydrogen (secondary N) is 1. The zero-order valence-electron chi connectivity index (χ0n) is 11.7. The van der Waals surface area contributed by atoms with Crippen LogP contribution < -0.4 is 5.32 Å². The molecule has 0 fully saturated rings. The van der Waals surface area contributed by atoms with E-state index in [9.17, 15) is 4.79 Å². The van der Waals surface area contributed by atoms with Gasteiger partial charge in [0.1, 0.15) is 0 Å². The third-order valence-corrected chi connectivity index (χ3v) is 2.76. The van der Waals surface area contributed by atoms with Gasteiger partial charge in [-0.05, 0) is 43.4 Å². The highest BCUT2D eigenvalue weighted by atomic mass is 16.1. The Balaban J connectivity index is 3.02. The molecule has 1 rings (SSSR count). The van der Waals surface area contributed by atoms with Crippen molar-refractivity contribution in [2.75, 3.05) is 0 Å². The lowest BCUT2D eigenvalue weighted by Gasteiger charge is -2.20. The standard InChI is InChI=1S/C15H23NO/c1-10(2)16-14(17)13-8-7-12(9-11(13)3)15(4,5)6/h7-10H,1-6H3,(H,16,17). The number of carbonyl (C=O) groups is 1. The zero-order valence-corrected chi connectivity index (χ0v) is 11.7. The molecule has 1 aromatic carbocycles. The van der Waals surface area contributed by atoms with Gasteiger partial charge in [-0.15, -0.1) is 0 Å². The van der Waals surface area contributed by atoms with Crippen molar-refractivity contribution < 1.29 is 4.79 Å². The second-order valence-corrected chi connectivity index (χ2v) is 5.91. The van der Waals surface area contributed by atoms with Crippen molar-refractivity contribution in [1.82, 2.24) is 5.32 Å². The summed E-state index contributed by atoms with van der Waals surface area (Å²) in [4.78, 5) is 11.9. The average Bonchev–Trinajstić information content (AvgIpc) is 2.14. The van der Waals surface area contributed by atoms with Crippen LogP contribution in [0.5, 0.6) is 0 Å². The number of hydrogen-bond donors (Lipinski definition) is 1. The fraction of sp³-hybridized carbons (Fsp3) is 0.533. The number of hydrogen-bond acceptors (Lipinski definition) is 1. The highest BCUT2D eigenvalue weighted by molar-refractivity contribution is 5.95. The molecule has 1 aromatic rings. The maximum atomic E-state index is 11.9. The van der Waals surface area contributed by atoms with Crippen molar-refractivity contribution >= 4 is 5.91 Å². The Morgan fingerprint density at radius 2 is 1.82 bits per heavy atom. The van der Waals surface area contributed by atoms with Gasteiger partial charge in [0.2, 0.25) is 0 Å². The average molecular weight is 233 g/mol. The van der Waals surface area contributed by atoms with E-state index in [1.807, 2.05) is 32.9 Å². The molecule has 0 aliphatic heterocycles. The van der Waals surface area contributed by atoms with Crippen LogP contribution in [0.25, 0.3) is 0 Å². The molecule has 94 valence electrons. The summed E-state index contributed by atoms with van der Waals surface area (Å²) in [6, 6.07) is 6.25. The molecule has 0 aliphatic carbocycles. The molecule has 0 spiro atoms. The Morgan fingerprint density at radius 3 is 2.24 bits per heavy atom. The normalized spacial score (nSPS) is 11.7. The van der Waals surface area contributed by atoms with Crippen molar-refractivity contribution in [2.45, 2.75) is 53.0 Å². The predicted octanol–water partition coefficient (Wildman–Crippen LogP) is 3.43. The van der Waals surface area contributed by atoms with E-state index in [0.717, 1.165) is 11.1 Å². The van der Waals surface area contributed by atoms with Gasteiger partial charge >= 0.3 is 0 Å². The van der Waals surface area contributed by atoms with Crippen LogP contribution in [0.1, 0.15) is 56.1 Å².